The van der Waals surface area contributed by atoms with Gasteiger partial charge in [0, 0.05) is 11.1 Å². The van der Waals surface area contributed by atoms with Crippen LogP contribution in [0, 0.1) is 5.82 Å². The van der Waals surface area contributed by atoms with Gasteiger partial charge in [-0.25, -0.2) is 9.18 Å². The van der Waals surface area contributed by atoms with Gasteiger partial charge in [0.1, 0.15) is 12.4 Å². The molecule has 2 aromatic rings. The fourth-order valence-corrected chi connectivity index (χ4v) is 1.92. The first kappa shape index (κ1) is 17.1. The van der Waals surface area contributed by atoms with E-state index in [2.05, 4.69) is 5.32 Å². The lowest BCUT2D eigenvalue weighted by Gasteiger charge is -2.14. The van der Waals surface area contributed by atoms with Crippen LogP contribution < -0.4 is 5.32 Å². The highest BCUT2D eigenvalue weighted by molar-refractivity contribution is 5.96. The highest BCUT2D eigenvalue weighted by Crippen LogP contribution is 2.18. The normalized spacial score (nSPS) is 11.4. The van der Waals surface area contributed by atoms with E-state index >= 15 is 0 Å². The quantitative estimate of drug-likeness (QED) is 0.789. The summed E-state index contributed by atoms with van der Waals surface area (Å²) in [7, 11) is 0. The van der Waals surface area contributed by atoms with Crippen LogP contribution in [0.15, 0.2) is 54.6 Å². The summed E-state index contributed by atoms with van der Waals surface area (Å²) in [5.74, 6) is -3.34. The molecule has 1 amide bonds. The first-order valence-electron chi connectivity index (χ1n) is 6.98. The van der Waals surface area contributed by atoms with Crippen molar-refractivity contribution in [3.8, 4) is 0 Å². The van der Waals surface area contributed by atoms with E-state index in [1.165, 1.54) is 12.1 Å². The molecule has 0 unspecified atom stereocenters. The number of carbonyl (C=O) groups excluding carboxylic acids is 2. The van der Waals surface area contributed by atoms with Gasteiger partial charge in [0.05, 0.1) is 0 Å². The highest BCUT2D eigenvalue weighted by atomic mass is 19.1. The maximum Gasteiger partial charge on any atom is 0.349 e. The second-order valence-electron chi connectivity index (χ2n) is 4.81. The molecular weight excluding hydrogens is 317 g/mol. The molecule has 0 aromatic heterocycles. The third-order valence-electron chi connectivity index (χ3n) is 3.08. The Morgan fingerprint density at radius 2 is 1.67 bits per heavy atom. The monoisotopic (exact) mass is 331 g/mol. The van der Waals surface area contributed by atoms with Gasteiger partial charge in [-0.3, -0.25) is 9.59 Å². The molecule has 0 saturated heterocycles. The summed E-state index contributed by atoms with van der Waals surface area (Å²) < 4.78 is 17.7. The third-order valence-corrected chi connectivity index (χ3v) is 3.08. The zero-order valence-corrected chi connectivity index (χ0v) is 12.4. The molecule has 24 heavy (non-hydrogen) atoms. The van der Waals surface area contributed by atoms with Gasteiger partial charge in [0.15, 0.2) is 0 Å². The second kappa shape index (κ2) is 7.87. The number of nitrogens with one attached hydrogen (secondary N) is 1. The summed E-state index contributed by atoms with van der Waals surface area (Å²) in [5.41, 5.74) is 0.477. The fraction of sp³-hybridized carbons (Fsp3) is 0.118. The Morgan fingerprint density at radius 1 is 1.04 bits per heavy atom. The van der Waals surface area contributed by atoms with E-state index in [0.717, 1.165) is 12.1 Å². The summed E-state index contributed by atoms with van der Waals surface area (Å²) in [4.78, 5) is 34.8. The van der Waals surface area contributed by atoms with E-state index in [4.69, 9.17) is 9.84 Å². The fourth-order valence-electron chi connectivity index (χ4n) is 1.92. The molecule has 0 saturated carbocycles. The summed E-state index contributed by atoms with van der Waals surface area (Å²) in [6.45, 7) is -0.487. The summed E-state index contributed by atoms with van der Waals surface area (Å²) in [5, 5.41) is 11.5. The molecular formula is C17H14FNO5. The molecule has 0 aliphatic rings. The minimum absolute atomic E-state index is 0.117. The molecule has 2 rings (SSSR count). The first-order chi connectivity index (χ1) is 11.5. The van der Waals surface area contributed by atoms with E-state index < -0.39 is 36.3 Å². The Hall–Kier alpha value is -3.22. The van der Waals surface area contributed by atoms with Crippen LogP contribution in [0.25, 0.3) is 0 Å². The SMILES string of the molecule is O=C(CNC(=O)c1ccccc1)O[C@@H](C(=O)O)c1ccc(F)cc1. The van der Waals surface area contributed by atoms with E-state index in [1.54, 1.807) is 30.3 Å². The Labute approximate surface area is 136 Å². The molecule has 0 aliphatic carbocycles. The maximum absolute atomic E-state index is 12.9. The summed E-state index contributed by atoms with van der Waals surface area (Å²) >= 11 is 0. The second-order valence-corrected chi connectivity index (χ2v) is 4.81. The smallest absolute Gasteiger partial charge is 0.349 e. The molecule has 1 atom stereocenters. The summed E-state index contributed by atoms with van der Waals surface area (Å²) in [6.07, 6.45) is -1.58. The van der Waals surface area contributed by atoms with Gasteiger partial charge in [-0.05, 0) is 24.3 Å². The number of ether oxygens (including phenoxy) is 1. The third kappa shape index (κ3) is 4.64. The van der Waals surface area contributed by atoms with Crippen molar-refractivity contribution in [1.29, 1.82) is 0 Å². The lowest BCUT2D eigenvalue weighted by Crippen LogP contribution is -2.32. The predicted octanol–water partition coefficient (Wildman–Crippen LogP) is 1.92. The van der Waals surface area contributed by atoms with Crippen LogP contribution in [-0.4, -0.2) is 29.5 Å². The van der Waals surface area contributed by atoms with Crippen LogP contribution in [-0.2, 0) is 14.3 Å². The molecule has 2 aromatic carbocycles. The van der Waals surface area contributed by atoms with Crippen molar-refractivity contribution >= 4 is 17.8 Å². The van der Waals surface area contributed by atoms with Crippen molar-refractivity contribution in [3.05, 3.63) is 71.5 Å². The number of carboxylic acid groups (broad SMARTS) is 1. The Kier molecular flexibility index (Phi) is 5.62. The first-order valence-corrected chi connectivity index (χ1v) is 6.98. The zero-order valence-electron chi connectivity index (χ0n) is 12.4. The van der Waals surface area contributed by atoms with Crippen LogP contribution in [0.5, 0.6) is 0 Å². The van der Waals surface area contributed by atoms with Gasteiger partial charge in [-0.2, -0.15) is 0 Å². The van der Waals surface area contributed by atoms with Gasteiger partial charge in [0.25, 0.3) is 5.91 Å². The van der Waals surface area contributed by atoms with Crippen molar-refractivity contribution in [2.75, 3.05) is 6.54 Å². The van der Waals surface area contributed by atoms with E-state index in [1.807, 2.05) is 0 Å². The molecule has 2 N–H and O–H groups in total. The number of amides is 1. The van der Waals surface area contributed by atoms with Gasteiger partial charge in [0.2, 0.25) is 6.10 Å². The molecule has 0 aliphatic heterocycles. The van der Waals surface area contributed by atoms with Crippen molar-refractivity contribution < 1.29 is 28.6 Å². The van der Waals surface area contributed by atoms with Gasteiger partial charge >= 0.3 is 11.9 Å². The Balaban J connectivity index is 1.95. The lowest BCUT2D eigenvalue weighted by molar-refractivity contribution is -0.163. The minimum atomic E-state index is -1.58. The average molecular weight is 331 g/mol. The number of halogens is 1. The van der Waals surface area contributed by atoms with E-state index in [9.17, 15) is 18.8 Å². The van der Waals surface area contributed by atoms with Gasteiger partial charge < -0.3 is 15.2 Å². The predicted molar refractivity (Wildman–Crippen MR) is 81.6 cm³/mol. The number of benzene rings is 2. The zero-order chi connectivity index (χ0) is 17.5. The molecule has 0 spiro atoms. The van der Waals surface area contributed by atoms with Crippen LogP contribution in [0.4, 0.5) is 4.39 Å². The van der Waals surface area contributed by atoms with Crippen LogP contribution in [0.1, 0.15) is 22.0 Å². The number of hydrogen-bond donors (Lipinski definition) is 2. The average Bonchev–Trinajstić information content (AvgIpc) is 2.59. The van der Waals surface area contributed by atoms with Crippen molar-refractivity contribution in [3.63, 3.8) is 0 Å². The number of aliphatic carboxylic acids is 1. The molecule has 0 radical (unpaired) electrons. The molecule has 7 heteroatoms. The van der Waals surface area contributed by atoms with E-state index in [-0.39, 0.29) is 5.56 Å². The molecule has 124 valence electrons. The standard InChI is InChI=1S/C17H14FNO5/c18-13-8-6-11(7-9-13)15(17(22)23)24-14(20)10-19-16(21)12-4-2-1-3-5-12/h1-9,15H,10H2,(H,19,21)(H,22,23)/t15-/m1/s1. The van der Waals surface area contributed by atoms with E-state index in [0.29, 0.717) is 5.56 Å². The summed E-state index contributed by atoms with van der Waals surface area (Å²) in [6, 6.07) is 12.8. The van der Waals surface area contributed by atoms with Crippen molar-refractivity contribution in [2.24, 2.45) is 0 Å². The largest absolute Gasteiger partial charge is 0.478 e. The van der Waals surface area contributed by atoms with Gasteiger partial charge in [-0.15, -0.1) is 0 Å². The number of esters is 1. The Morgan fingerprint density at radius 3 is 2.25 bits per heavy atom. The van der Waals surface area contributed by atoms with Crippen molar-refractivity contribution in [1.82, 2.24) is 5.32 Å². The Bertz CT molecular complexity index is 730. The van der Waals surface area contributed by atoms with Gasteiger partial charge in [-0.1, -0.05) is 30.3 Å². The van der Waals surface area contributed by atoms with Crippen LogP contribution in [0.2, 0.25) is 0 Å². The molecule has 0 fully saturated rings. The van der Waals surface area contributed by atoms with Crippen LogP contribution >= 0.6 is 0 Å². The lowest BCUT2D eigenvalue weighted by atomic mass is 10.1. The highest BCUT2D eigenvalue weighted by Gasteiger charge is 2.24. The number of rotatable bonds is 6. The molecule has 6 nitrogen and oxygen atoms in total. The maximum atomic E-state index is 12.9. The topological polar surface area (TPSA) is 92.7 Å². The number of carbonyl (C=O) groups is 3. The van der Waals surface area contributed by atoms with Crippen molar-refractivity contribution in [2.45, 2.75) is 6.10 Å². The number of carboxylic acids is 1. The molecule has 0 bridgehead atoms. The minimum Gasteiger partial charge on any atom is -0.478 e. The van der Waals surface area contributed by atoms with Crippen LogP contribution in [0.3, 0.4) is 0 Å². The number of hydrogen-bond acceptors (Lipinski definition) is 4. The molecule has 0 heterocycles.